The molecule has 43 heavy (non-hydrogen) atoms. The molecule has 10 heteroatoms. The van der Waals surface area contributed by atoms with E-state index in [1.165, 1.54) is 0 Å². The molecule has 0 bridgehead atoms. The molecule has 4 saturated carbocycles. The molecule has 244 valence electrons. The number of Topliss-reactive ketones (excluding diaryl/α,β-unsaturated/α-hetero) is 1. The van der Waals surface area contributed by atoms with Gasteiger partial charge in [0, 0.05) is 36.2 Å². The van der Waals surface area contributed by atoms with Crippen LogP contribution >= 0.6 is 0 Å². The number of hydrogen-bond acceptors (Lipinski definition) is 10. The number of ether oxygens (including phenoxy) is 1. The molecule has 0 unspecified atom stereocenters. The second-order valence-electron chi connectivity index (χ2n) is 15.5. The molecule has 0 aromatic carbocycles. The minimum absolute atomic E-state index is 0.0278. The van der Waals surface area contributed by atoms with Gasteiger partial charge in [-0.05, 0) is 75.0 Å². The Hall–Kier alpha value is -1.27. The van der Waals surface area contributed by atoms with Crippen LogP contribution in [-0.4, -0.2) is 103 Å². The number of aliphatic hydroxyl groups excluding tert-OH is 4. The van der Waals surface area contributed by atoms with E-state index in [0.717, 1.165) is 6.29 Å². The molecule has 16 atom stereocenters. The van der Waals surface area contributed by atoms with Gasteiger partial charge in [-0.3, -0.25) is 9.79 Å². The Balaban J connectivity index is 1.60. The topological polar surface area (TPSA) is 177 Å². The quantitative estimate of drug-likeness (QED) is 0.233. The van der Waals surface area contributed by atoms with Crippen LogP contribution in [0.25, 0.3) is 0 Å². The van der Waals surface area contributed by atoms with Crippen LogP contribution in [0.3, 0.4) is 0 Å². The fourth-order valence-electron chi connectivity index (χ4n) is 10.6. The zero-order valence-corrected chi connectivity index (χ0v) is 26.5. The van der Waals surface area contributed by atoms with E-state index < -0.39 is 76.2 Å². The number of nitrogens with zero attached hydrogens (tertiary/aromatic N) is 1. The third-order valence-electron chi connectivity index (χ3n) is 13.4. The zero-order valence-electron chi connectivity index (χ0n) is 26.5. The summed E-state index contributed by atoms with van der Waals surface area (Å²) in [5.74, 6) is -3.07. The maximum Gasteiger partial charge on any atom is 0.180 e. The lowest BCUT2D eigenvalue weighted by molar-refractivity contribution is -0.230. The third-order valence-corrected chi connectivity index (χ3v) is 13.4. The Kier molecular flexibility index (Phi) is 8.63. The lowest BCUT2D eigenvalue weighted by atomic mass is 9.39. The highest BCUT2D eigenvalue weighted by Gasteiger charge is 2.74. The van der Waals surface area contributed by atoms with Crippen molar-refractivity contribution < 1.29 is 45.0 Å². The number of aliphatic imine (C=N–C) groups is 1. The van der Waals surface area contributed by atoms with E-state index in [9.17, 15) is 40.2 Å². The number of aliphatic hydroxyl groups is 6. The molecule has 10 nitrogen and oxygen atoms in total. The van der Waals surface area contributed by atoms with Gasteiger partial charge in [0.15, 0.2) is 5.78 Å². The largest absolute Gasteiger partial charge is 0.391 e. The van der Waals surface area contributed by atoms with Crippen molar-refractivity contribution >= 4 is 17.8 Å². The first-order valence-corrected chi connectivity index (χ1v) is 16.3. The second-order valence-corrected chi connectivity index (χ2v) is 15.5. The molecule has 1 aliphatic heterocycles. The van der Waals surface area contributed by atoms with Crippen molar-refractivity contribution in [3.63, 3.8) is 0 Å². The van der Waals surface area contributed by atoms with E-state index in [-0.39, 0.29) is 55.1 Å². The molecule has 0 radical (unpaired) electrons. The normalized spacial score (nSPS) is 51.7. The Labute approximate surface area is 254 Å². The zero-order chi connectivity index (χ0) is 31.9. The van der Waals surface area contributed by atoms with Crippen LogP contribution in [0, 0.1) is 52.3 Å². The number of fused-ring (bicyclic) bond motifs is 5. The van der Waals surface area contributed by atoms with Crippen LogP contribution < -0.4 is 0 Å². The van der Waals surface area contributed by atoms with Gasteiger partial charge in [0.05, 0.1) is 47.9 Å². The van der Waals surface area contributed by atoms with Crippen LogP contribution in [0.15, 0.2) is 4.99 Å². The molecule has 0 aromatic rings. The van der Waals surface area contributed by atoms with E-state index in [1.807, 2.05) is 20.8 Å². The summed E-state index contributed by atoms with van der Waals surface area (Å²) in [6.45, 7) is 11.6. The van der Waals surface area contributed by atoms with Gasteiger partial charge in [-0.15, -0.1) is 0 Å². The molecule has 0 amide bonds. The fraction of sp³-hybridized carbons (Fsp3) is 0.909. The van der Waals surface area contributed by atoms with Gasteiger partial charge in [-0.2, -0.15) is 0 Å². The summed E-state index contributed by atoms with van der Waals surface area (Å²) in [7, 11) is 0. The maximum atomic E-state index is 14.4. The Morgan fingerprint density at radius 1 is 1.16 bits per heavy atom. The highest BCUT2D eigenvalue weighted by Crippen LogP contribution is 2.70. The molecule has 4 aliphatic carbocycles. The first-order chi connectivity index (χ1) is 20.0. The van der Waals surface area contributed by atoms with Gasteiger partial charge in [0.2, 0.25) is 0 Å². The number of carbonyl (C=O) groups is 2. The van der Waals surface area contributed by atoms with Crippen molar-refractivity contribution in [3.05, 3.63) is 0 Å². The molecule has 5 fully saturated rings. The van der Waals surface area contributed by atoms with Crippen molar-refractivity contribution in [1.29, 1.82) is 0 Å². The Morgan fingerprint density at radius 3 is 2.42 bits per heavy atom. The number of carbonyl (C=O) groups excluding carboxylic acids is 2. The van der Waals surface area contributed by atoms with Crippen LogP contribution in [0.4, 0.5) is 0 Å². The highest BCUT2D eigenvalue weighted by molar-refractivity contribution is 6.42. The summed E-state index contributed by atoms with van der Waals surface area (Å²) in [6.07, 6.45) is -2.49. The molecule has 5 aliphatic rings. The molecule has 5 rings (SSSR count). The van der Waals surface area contributed by atoms with E-state index in [2.05, 4.69) is 11.9 Å². The summed E-state index contributed by atoms with van der Waals surface area (Å²) in [5, 5.41) is 68.6. The van der Waals surface area contributed by atoms with Crippen molar-refractivity contribution in [2.24, 2.45) is 57.2 Å². The number of hydrogen-bond donors (Lipinski definition) is 6. The smallest absolute Gasteiger partial charge is 0.180 e. The third kappa shape index (κ3) is 4.64. The predicted octanol–water partition coefficient (Wildman–Crippen LogP) is 1.30. The molecule has 1 saturated heterocycles. The maximum absolute atomic E-state index is 14.4. The highest BCUT2D eigenvalue weighted by atomic mass is 16.5. The van der Waals surface area contributed by atoms with E-state index in [0.29, 0.717) is 25.9 Å². The summed E-state index contributed by atoms with van der Waals surface area (Å²) < 4.78 is 5.94. The first-order valence-electron chi connectivity index (χ1n) is 16.3. The SMILES string of the molecule is C[C@@H]1[C@H]([C@@H](O)[C@](C)(O)[C@H]2CC[C@@]3(O)[C@H]4C(=NC[C@H](C)O)C(=O)[C@@H]5C[C@@H](O)[C@@H](O)[C@@H](CC=O)[C@]5(C)[C@H]4CC[C@]23C)OC[C@H]1C. The summed E-state index contributed by atoms with van der Waals surface area (Å²) >= 11 is 0. The number of ketones is 1. The average Bonchev–Trinajstić information content (AvgIpc) is 3.42. The summed E-state index contributed by atoms with van der Waals surface area (Å²) in [6, 6.07) is 0. The second kappa shape index (κ2) is 11.2. The van der Waals surface area contributed by atoms with E-state index in [1.54, 1.807) is 13.8 Å². The fourth-order valence-corrected chi connectivity index (χ4v) is 10.6. The van der Waals surface area contributed by atoms with Gasteiger partial charge in [-0.25, -0.2) is 0 Å². The molecular formula is C33H53NO9. The number of aldehydes is 1. The minimum Gasteiger partial charge on any atom is -0.391 e. The molecular weight excluding hydrogens is 554 g/mol. The molecule has 0 aromatic heterocycles. The molecule has 0 spiro atoms. The van der Waals surface area contributed by atoms with Crippen LogP contribution in [0.5, 0.6) is 0 Å². The van der Waals surface area contributed by atoms with Gasteiger partial charge in [0.25, 0.3) is 0 Å². The van der Waals surface area contributed by atoms with Gasteiger partial charge < -0.3 is 40.2 Å². The molecule has 6 N–H and O–H groups in total. The predicted molar refractivity (Wildman–Crippen MR) is 158 cm³/mol. The number of rotatable bonds is 7. The summed E-state index contributed by atoms with van der Waals surface area (Å²) in [5.41, 5.74) is -4.70. The van der Waals surface area contributed by atoms with Crippen LogP contribution in [0.1, 0.15) is 80.1 Å². The van der Waals surface area contributed by atoms with Crippen molar-refractivity contribution in [2.75, 3.05) is 13.2 Å². The van der Waals surface area contributed by atoms with Crippen molar-refractivity contribution in [3.8, 4) is 0 Å². The summed E-state index contributed by atoms with van der Waals surface area (Å²) in [4.78, 5) is 30.9. The first kappa shape index (κ1) is 33.1. The van der Waals surface area contributed by atoms with E-state index in [4.69, 9.17) is 4.74 Å². The monoisotopic (exact) mass is 607 g/mol. The van der Waals surface area contributed by atoms with Crippen molar-refractivity contribution in [2.45, 2.75) is 122 Å². The molecule has 1 heterocycles. The van der Waals surface area contributed by atoms with E-state index >= 15 is 0 Å². The average molecular weight is 608 g/mol. The van der Waals surface area contributed by atoms with Gasteiger partial charge in [-0.1, -0.05) is 27.7 Å². The lowest BCUT2D eigenvalue weighted by Gasteiger charge is -2.65. The Morgan fingerprint density at radius 2 is 1.84 bits per heavy atom. The standard InChI is InChI=1S/C33H53NO9/c1-16-15-43-28(18(16)3)29(40)32(6,41)23-8-11-33(42)24-19(7-10-30(23,33)4)31(5)20(9-12-35)26(38)22(37)13-21(31)27(39)25(24)34-14-17(2)36/h12,16-24,26,28-29,36-38,40-42H,7-11,13-15H2,1-6H3/t16-,17+,18+,19+,20-,21+,22-,23+,24-,26+,28-,29-,30-,31+,32-,33-/m1/s1. The van der Waals surface area contributed by atoms with Crippen LogP contribution in [0.2, 0.25) is 0 Å². The van der Waals surface area contributed by atoms with Crippen molar-refractivity contribution in [1.82, 2.24) is 0 Å². The Bertz CT molecular complexity index is 1130. The van der Waals surface area contributed by atoms with Gasteiger partial charge >= 0.3 is 0 Å². The minimum atomic E-state index is -1.59. The van der Waals surface area contributed by atoms with Crippen LogP contribution in [-0.2, 0) is 14.3 Å². The van der Waals surface area contributed by atoms with Gasteiger partial charge in [0.1, 0.15) is 12.4 Å². The lowest BCUT2D eigenvalue weighted by Crippen LogP contribution is -2.72.